The van der Waals surface area contributed by atoms with Gasteiger partial charge in [-0.3, -0.25) is 0 Å². The van der Waals surface area contributed by atoms with E-state index in [-0.39, 0.29) is 6.04 Å². The van der Waals surface area contributed by atoms with E-state index in [1.807, 2.05) is 25.2 Å². The van der Waals surface area contributed by atoms with Crippen molar-refractivity contribution < 1.29 is 5.11 Å². The fourth-order valence-corrected chi connectivity index (χ4v) is 2.57. The monoisotopic (exact) mass is 199 g/mol. The maximum atomic E-state index is 10.2. The summed E-state index contributed by atoms with van der Waals surface area (Å²) in [6.45, 7) is 0. The van der Waals surface area contributed by atoms with Crippen molar-refractivity contribution in [3.8, 4) is 0 Å². The van der Waals surface area contributed by atoms with Crippen LogP contribution in [0.15, 0.2) is 36.4 Å². The number of aliphatic hydroxyl groups is 1. The van der Waals surface area contributed by atoms with E-state index in [4.69, 9.17) is 0 Å². The minimum atomic E-state index is -0.420. The van der Waals surface area contributed by atoms with E-state index >= 15 is 0 Å². The SMILES string of the molecule is CNC1c2cccc3cccc(c23)C1O. The van der Waals surface area contributed by atoms with E-state index < -0.39 is 6.10 Å². The van der Waals surface area contributed by atoms with E-state index in [1.54, 1.807) is 0 Å². The summed E-state index contributed by atoms with van der Waals surface area (Å²) in [7, 11) is 1.89. The summed E-state index contributed by atoms with van der Waals surface area (Å²) < 4.78 is 0. The van der Waals surface area contributed by atoms with Crippen molar-refractivity contribution >= 4 is 10.8 Å². The third kappa shape index (κ3) is 1.06. The van der Waals surface area contributed by atoms with Crippen molar-refractivity contribution in [3.63, 3.8) is 0 Å². The molecule has 0 aliphatic heterocycles. The van der Waals surface area contributed by atoms with Crippen LogP contribution < -0.4 is 5.32 Å². The van der Waals surface area contributed by atoms with Crippen molar-refractivity contribution in [2.45, 2.75) is 12.1 Å². The molecule has 0 saturated heterocycles. The number of hydrogen-bond acceptors (Lipinski definition) is 2. The van der Waals surface area contributed by atoms with Crippen LogP contribution in [0.5, 0.6) is 0 Å². The molecule has 2 N–H and O–H groups in total. The topological polar surface area (TPSA) is 32.3 Å². The first-order chi connectivity index (χ1) is 7.33. The van der Waals surface area contributed by atoms with Gasteiger partial charge in [-0.1, -0.05) is 36.4 Å². The molecule has 0 radical (unpaired) electrons. The second-order valence-electron chi connectivity index (χ2n) is 4.00. The summed E-state index contributed by atoms with van der Waals surface area (Å²) in [5.41, 5.74) is 2.25. The van der Waals surface area contributed by atoms with Crippen LogP contribution in [-0.4, -0.2) is 12.2 Å². The molecule has 0 spiro atoms. The van der Waals surface area contributed by atoms with Crippen LogP contribution in [-0.2, 0) is 0 Å². The maximum Gasteiger partial charge on any atom is 0.0990 e. The lowest BCUT2D eigenvalue weighted by Crippen LogP contribution is -2.19. The van der Waals surface area contributed by atoms with Crippen LogP contribution in [0, 0.1) is 0 Å². The number of nitrogens with one attached hydrogen (secondary N) is 1. The van der Waals surface area contributed by atoms with Gasteiger partial charge in [0.15, 0.2) is 0 Å². The maximum absolute atomic E-state index is 10.2. The molecule has 0 amide bonds. The largest absolute Gasteiger partial charge is 0.386 e. The van der Waals surface area contributed by atoms with Gasteiger partial charge in [-0.2, -0.15) is 0 Å². The normalized spacial score (nSPS) is 23.6. The van der Waals surface area contributed by atoms with E-state index in [0.717, 1.165) is 5.56 Å². The third-order valence-corrected chi connectivity index (χ3v) is 3.25. The van der Waals surface area contributed by atoms with Crippen LogP contribution in [0.3, 0.4) is 0 Å². The molecule has 2 heteroatoms. The Labute approximate surface area is 88.5 Å². The van der Waals surface area contributed by atoms with Crippen LogP contribution in [0.2, 0.25) is 0 Å². The average Bonchev–Trinajstić information content (AvgIpc) is 2.55. The molecule has 2 aromatic carbocycles. The van der Waals surface area contributed by atoms with E-state index in [0.29, 0.717) is 0 Å². The Morgan fingerprint density at radius 2 is 1.73 bits per heavy atom. The fraction of sp³-hybridized carbons (Fsp3) is 0.231. The van der Waals surface area contributed by atoms with Gasteiger partial charge in [-0.05, 0) is 28.9 Å². The predicted molar refractivity (Wildman–Crippen MR) is 60.7 cm³/mol. The van der Waals surface area contributed by atoms with Gasteiger partial charge in [0.2, 0.25) is 0 Å². The lowest BCUT2D eigenvalue weighted by atomic mass is 10.0. The van der Waals surface area contributed by atoms with Crippen LogP contribution in [0.1, 0.15) is 23.3 Å². The molecular weight excluding hydrogens is 186 g/mol. The van der Waals surface area contributed by atoms with Crippen molar-refractivity contribution in [1.29, 1.82) is 0 Å². The Bertz CT molecular complexity index is 516. The molecule has 15 heavy (non-hydrogen) atoms. The summed E-state index contributed by atoms with van der Waals surface area (Å²) in [5.74, 6) is 0. The number of benzene rings is 2. The molecule has 2 aromatic rings. The van der Waals surface area contributed by atoms with Crippen molar-refractivity contribution in [2.24, 2.45) is 0 Å². The van der Waals surface area contributed by atoms with Gasteiger partial charge in [0.05, 0.1) is 12.1 Å². The zero-order valence-electron chi connectivity index (χ0n) is 8.57. The van der Waals surface area contributed by atoms with Crippen molar-refractivity contribution in [3.05, 3.63) is 47.5 Å². The standard InChI is InChI=1S/C13H13NO/c1-14-12-9-6-2-4-8-5-3-7-10(11(8)9)13(12)15/h2-7,12-15H,1H3. The number of hydrogen-bond donors (Lipinski definition) is 2. The lowest BCUT2D eigenvalue weighted by Gasteiger charge is -2.15. The average molecular weight is 199 g/mol. The molecule has 2 unspecified atom stereocenters. The Kier molecular flexibility index (Phi) is 1.81. The van der Waals surface area contributed by atoms with Crippen LogP contribution >= 0.6 is 0 Å². The smallest absolute Gasteiger partial charge is 0.0990 e. The first-order valence-corrected chi connectivity index (χ1v) is 5.20. The highest BCUT2D eigenvalue weighted by molar-refractivity contribution is 5.91. The van der Waals surface area contributed by atoms with Gasteiger partial charge < -0.3 is 10.4 Å². The molecule has 1 aliphatic carbocycles. The highest BCUT2D eigenvalue weighted by Gasteiger charge is 2.31. The minimum absolute atomic E-state index is 0.0334. The molecule has 2 atom stereocenters. The van der Waals surface area contributed by atoms with Gasteiger partial charge >= 0.3 is 0 Å². The van der Waals surface area contributed by atoms with Gasteiger partial charge in [-0.25, -0.2) is 0 Å². The number of likely N-dealkylation sites (N-methyl/N-ethyl adjacent to an activating group) is 1. The second kappa shape index (κ2) is 3.05. The molecule has 0 bridgehead atoms. The summed E-state index contributed by atoms with van der Waals surface area (Å²) in [6, 6.07) is 12.4. The molecule has 76 valence electrons. The number of rotatable bonds is 1. The summed E-state index contributed by atoms with van der Waals surface area (Å²) in [4.78, 5) is 0. The summed E-state index contributed by atoms with van der Waals surface area (Å²) in [5, 5.41) is 15.8. The molecular formula is C13H13NO. The molecule has 0 saturated carbocycles. The molecule has 2 nitrogen and oxygen atoms in total. The molecule has 1 aliphatic rings. The van der Waals surface area contributed by atoms with Crippen molar-refractivity contribution in [1.82, 2.24) is 5.32 Å². The van der Waals surface area contributed by atoms with E-state index in [2.05, 4.69) is 23.5 Å². The highest BCUT2D eigenvalue weighted by atomic mass is 16.3. The van der Waals surface area contributed by atoms with Crippen molar-refractivity contribution in [2.75, 3.05) is 7.05 Å². The molecule has 3 rings (SSSR count). The zero-order valence-corrected chi connectivity index (χ0v) is 8.57. The summed E-state index contributed by atoms with van der Waals surface area (Å²) >= 11 is 0. The molecule has 0 heterocycles. The zero-order chi connectivity index (χ0) is 10.4. The first-order valence-electron chi connectivity index (χ1n) is 5.20. The first kappa shape index (κ1) is 8.89. The Balaban J connectivity index is 2.40. The van der Waals surface area contributed by atoms with Gasteiger partial charge in [-0.15, -0.1) is 0 Å². The number of aliphatic hydroxyl groups excluding tert-OH is 1. The minimum Gasteiger partial charge on any atom is -0.386 e. The molecule has 0 aromatic heterocycles. The Morgan fingerprint density at radius 3 is 2.40 bits per heavy atom. The quantitative estimate of drug-likeness (QED) is 0.737. The lowest BCUT2D eigenvalue weighted by molar-refractivity contribution is 0.141. The summed E-state index contributed by atoms with van der Waals surface area (Å²) in [6.07, 6.45) is -0.420. The van der Waals surface area contributed by atoms with E-state index in [1.165, 1.54) is 16.3 Å². The van der Waals surface area contributed by atoms with E-state index in [9.17, 15) is 5.11 Å². The van der Waals surface area contributed by atoms with Crippen LogP contribution in [0.25, 0.3) is 10.8 Å². The fourth-order valence-electron chi connectivity index (χ4n) is 2.57. The highest BCUT2D eigenvalue weighted by Crippen LogP contribution is 2.43. The third-order valence-electron chi connectivity index (χ3n) is 3.25. The Hall–Kier alpha value is -1.38. The van der Waals surface area contributed by atoms with Gasteiger partial charge in [0.1, 0.15) is 0 Å². The van der Waals surface area contributed by atoms with Crippen LogP contribution in [0.4, 0.5) is 0 Å². The molecule has 0 fully saturated rings. The van der Waals surface area contributed by atoms with Gasteiger partial charge in [0, 0.05) is 0 Å². The predicted octanol–water partition coefficient (Wildman–Crippen LogP) is 2.15. The van der Waals surface area contributed by atoms with Gasteiger partial charge in [0.25, 0.3) is 0 Å². The Morgan fingerprint density at radius 1 is 1.07 bits per heavy atom. The second-order valence-corrected chi connectivity index (χ2v) is 4.00.